The Bertz CT molecular complexity index is 734. The third-order valence-electron chi connectivity index (χ3n) is 3.54. The molecular formula is C15H18N4. The van der Waals surface area contributed by atoms with Crippen molar-refractivity contribution in [3.05, 3.63) is 35.5 Å². The molecule has 0 saturated heterocycles. The summed E-state index contributed by atoms with van der Waals surface area (Å²) in [4.78, 5) is 3.41. The quantitative estimate of drug-likeness (QED) is 0.654. The molecule has 0 aliphatic carbocycles. The topological polar surface area (TPSA) is 70.5 Å². The van der Waals surface area contributed by atoms with Gasteiger partial charge in [0.15, 0.2) is 0 Å². The molecule has 0 radical (unpaired) electrons. The second-order valence-corrected chi connectivity index (χ2v) is 5.29. The minimum absolute atomic E-state index is 0.513. The van der Waals surface area contributed by atoms with Gasteiger partial charge in [-0.1, -0.05) is 19.9 Å². The number of nitrogen functional groups attached to an aromatic ring is 1. The minimum atomic E-state index is 0.513. The molecule has 0 bridgehead atoms. The van der Waals surface area contributed by atoms with Crippen LogP contribution in [0, 0.1) is 6.92 Å². The lowest BCUT2D eigenvalue weighted by Crippen LogP contribution is -1.86. The number of nitrogens with one attached hydrogen (secondary N) is 2. The number of nitrogens with two attached hydrogens (primary N) is 1. The zero-order valence-corrected chi connectivity index (χ0v) is 11.4. The number of hydrogen-bond donors (Lipinski definition) is 3. The number of rotatable bonds is 2. The zero-order chi connectivity index (χ0) is 13.6. The molecule has 0 unspecified atom stereocenters. The molecule has 2 heterocycles. The number of benzene rings is 1. The molecule has 0 atom stereocenters. The average molecular weight is 254 g/mol. The molecule has 0 amide bonds. The van der Waals surface area contributed by atoms with Crippen molar-refractivity contribution in [2.45, 2.75) is 26.7 Å². The fraction of sp³-hybridized carbons (Fsp3) is 0.267. The third kappa shape index (κ3) is 1.89. The van der Waals surface area contributed by atoms with Crippen LogP contribution in [0.4, 0.5) is 5.82 Å². The SMILES string of the molecule is Cc1[nH]c2ccc(C(C)C)cc2c1-c1cc(N)n[nH]1. The Hall–Kier alpha value is -2.23. The molecule has 4 heteroatoms. The van der Waals surface area contributed by atoms with E-state index in [4.69, 9.17) is 5.73 Å². The number of aromatic nitrogens is 3. The predicted octanol–water partition coefficient (Wildman–Crippen LogP) is 3.57. The van der Waals surface area contributed by atoms with Crippen LogP contribution < -0.4 is 5.73 Å². The van der Waals surface area contributed by atoms with Crippen LogP contribution in [-0.4, -0.2) is 15.2 Å². The van der Waals surface area contributed by atoms with Crippen LogP contribution in [0.1, 0.15) is 31.0 Å². The molecule has 0 aliphatic heterocycles. The third-order valence-corrected chi connectivity index (χ3v) is 3.54. The van der Waals surface area contributed by atoms with Crippen molar-refractivity contribution in [2.24, 2.45) is 0 Å². The van der Waals surface area contributed by atoms with Crippen LogP contribution in [0.3, 0.4) is 0 Å². The molecule has 0 aliphatic rings. The number of anilines is 1. The van der Waals surface area contributed by atoms with Crippen molar-refractivity contribution in [3.8, 4) is 11.3 Å². The van der Waals surface area contributed by atoms with Gasteiger partial charge >= 0.3 is 0 Å². The molecular weight excluding hydrogens is 236 g/mol. The highest BCUT2D eigenvalue weighted by Gasteiger charge is 2.13. The van der Waals surface area contributed by atoms with Gasteiger partial charge in [0.25, 0.3) is 0 Å². The first-order valence-corrected chi connectivity index (χ1v) is 6.49. The summed E-state index contributed by atoms with van der Waals surface area (Å²) in [6.07, 6.45) is 0. The van der Waals surface area contributed by atoms with Crippen molar-refractivity contribution in [1.82, 2.24) is 15.2 Å². The summed E-state index contributed by atoms with van der Waals surface area (Å²) in [5.74, 6) is 1.03. The van der Waals surface area contributed by atoms with E-state index in [1.807, 2.05) is 6.07 Å². The van der Waals surface area contributed by atoms with Gasteiger partial charge in [0.2, 0.25) is 0 Å². The smallest absolute Gasteiger partial charge is 0.145 e. The summed E-state index contributed by atoms with van der Waals surface area (Å²) in [7, 11) is 0. The van der Waals surface area contributed by atoms with E-state index in [1.54, 1.807) is 0 Å². The number of hydrogen-bond acceptors (Lipinski definition) is 2. The maximum absolute atomic E-state index is 5.70. The average Bonchev–Trinajstić information content (AvgIpc) is 2.90. The monoisotopic (exact) mass is 254 g/mol. The first kappa shape index (κ1) is 11.8. The molecule has 0 saturated carbocycles. The van der Waals surface area contributed by atoms with E-state index in [1.165, 1.54) is 10.9 Å². The first-order chi connectivity index (χ1) is 9.06. The Morgan fingerprint density at radius 1 is 1.21 bits per heavy atom. The molecule has 0 fully saturated rings. The van der Waals surface area contributed by atoms with Gasteiger partial charge < -0.3 is 10.7 Å². The van der Waals surface area contributed by atoms with Crippen molar-refractivity contribution in [3.63, 3.8) is 0 Å². The molecule has 98 valence electrons. The summed E-state index contributed by atoms with van der Waals surface area (Å²) in [6.45, 7) is 6.48. The van der Waals surface area contributed by atoms with Crippen LogP contribution in [0.2, 0.25) is 0 Å². The molecule has 4 nitrogen and oxygen atoms in total. The molecule has 4 N–H and O–H groups in total. The number of aryl methyl sites for hydroxylation is 1. The van der Waals surface area contributed by atoms with Crippen molar-refractivity contribution in [2.75, 3.05) is 5.73 Å². The van der Waals surface area contributed by atoms with Crippen molar-refractivity contribution >= 4 is 16.7 Å². The lowest BCUT2D eigenvalue weighted by molar-refractivity contribution is 0.869. The van der Waals surface area contributed by atoms with Crippen LogP contribution in [0.25, 0.3) is 22.2 Å². The van der Waals surface area contributed by atoms with E-state index in [-0.39, 0.29) is 0 Å². The van der Waals surface area contributed by atoms with Crippen LogP contribution in [0.15, 0.2) is 24.3 Å². The zero-order valence-electron chi connectivity index (χ0n) is 11.4. The number of H-pyrrole nitrogens is 2. The molecule has 3 aromatic rings. The number of nitrogens with zero attached hydrogens (tertiary/aromatic N) is 1. The second kappa shape index (κ2) is 4.16. The van der Waals surface area contributed by atoms with Crippen LogP contribution in [0.5, 0.6) is 0 Å². The maximum atomic E-state index is 5.70. The molecule has 2 aromatic heterocycles. The Kier molecular flexibility index (Phi) is 2.59. The summed E-state index contributed by atoms with van der Waals surface area (Å²) in [6, 6.07) is 8.43. The standard InChI is InChI=1S/C15H18N4/c1-8(2)10-4-5-12-11(6-10)15(9(3)17-12)13-7-14(16)19-18-13/h4-8,17H,1-3H3,(H3,16,18,19). The Morgan fingerprint density at radius 3 is 2.63 bits per heavy atom. The van der Waals surface area contributed by atoms with E-state index in [0.29, 0.717) is 11.7 Å². The van der Waals surface area contributed by atoms with Gasteiger partial charge in [0, 0.05) is 28.2 Å². The van der Waals surface area contributed by atoms with E-state index >= 15 is 0 Å². The highest BCUT2D eigenvalue weighted by molar-refractivity contribution is 5.97. The van der Waals surface area contributed by atoms with E-state index < -0.39 is 0 Å². The Labute approximate surface area is 112 Å². The molecule has 19 heavy (non-hydrogen) atoms. The lowest BCUT2D eigenvalue weighted by atomic mass is 9.99. The maximum Gasteiger partial charge on any atom is 0.145 e. The van der Waals surface area contributed by atoms with Crippen molar-refractivity contribution < 1.29 is 0 Å². The van der Waals surface area contributed by atoms with Gasteiger partial charge in [0.1, 0.15) is 5.82 Å². The highest BCUT2D eigenvalue weighted by Crippen LogP contribution is 2.33. The number of fused-ring (bicyclic) bond motifs is 1. The summed E-state index contributed by atoms with van der Waals surface area (Å²) >= 11 is 0. The van der Waals surface area contributed by atoms with E-state index in [0.717, 1.165) is 22.5 Å². The second-order valence-electron chi connectivity index (χ2n) is 5.29. The van der Waals surface area contributed by atoms with Gasteiger partial charge in [-0.2, -0.15) is 5.10 Å². The van der Waals surface area contributed by atoms with E-state index in [2.05, 4.69) is 54.2 Å². The van der Waals surface area contributed by atoms with E-state index in [9.17, 15) is 0 Å². The predicted molar refractivity (Wildman–Crippen MR) is 79.1 cm³/mol. The van der Waals surface area contributed by atoms with Gasteiger partial charge in [-0.15, -0.1) is 0 Å². The van der Waals surface area contributed by atoms with Gasteiger partial charge in [-0.05, 0) is 30.5 Å². The number of aromatic amines is 2. The molecule has 3 rings (SSSR count). The first-order valence-electron chi connectivity index (χ1n) is 6.49. The summed E-state index contributed by atoms with van der Waals surface area (Å²) < 4.78 is 0. The molecule has 1 aromatic carbocycles. The van der Waals surface area contributed by atoms with Crippen molar-refractivity contribution in [1.29, 1.82) is 0 Å². The minimum Gasteiger partial charge on any atom is -0.382 e. The summed E-state index contributed by atoms with van der Waals surface area (Å²) in [5.41, 5.74) is 11.4. The molecule has 0 spiro atoms. The largest absolute Gasteiger partial charge is 0.382 e. The van der Waals surface area contributed by atoms with Crippen LogP contribution >= 0.6 is 0 Å². The normalized spacial score (nSPS) is 11.6. The van der Waals surface area contributed by atoms with Crippen LogP contribution in [-0.2, 0) is 0 Å². The van der Waals surface area contributed by atoms with Gasteiger partial charge in [0.05, 0.1) is 5.69 Å². The van der Waals surface area contributed by atoms with Gasteiger partial charge in [-0.25, -0.2) is 0 Å². The Morgan fingerprint density at radius 2 is 2.00 bits per heavy atom. The summed E-state index contributed by atoms with van der Waals surface area (Å²) in [5, 5.41) is 8.23. The fourth-order valence-electron chi connectivity index (χ4n) is 2.52. The van der Waals surface area contributed by atoms with Gasteiger partial charge in [-0.3, -0.25) is 5.10 Å². The Balaban J connectivity index is 2.28. The highest BCUT2D eigenvalue weighted by atomic mass is 15.2. The fourth-order valence-corrected chi connectivity index (χ4v) is 2.52. The lowest BCUT2D eigenvalue weighted by Gasteiger charge is -2.05.